The Labute approximate surface area is 125 Å². The molecule has 0 unspecified atom stereocenters. The molecular weight excluding hydrogens is 262 g/mol. The van der Waals surface area contributed by atoms with Crippen LogP contribution >= 0.6 is 0 Å². The molecule has 2 aromatic rings. The van der Waals surface area contributed by atoms with Gasteiger partial charge < -0.3 is 10.6 Å². The Morgan fingerprint density at radius 1 is 1.05 bits per heavy atom. The van der Waals surface area contributed by atoms with Crippen molar-refractivity contribution in [3.63, 3.8) is 0 Å². The van der Waals surface area contributed by atoms with Crippen LogP contribution in [0.15, 0.2) is 30.5 Å². The molecule has 2 heterocycles. The van der Waals surface area contributed by atoms with Gasteiger partial charge in [-0.05, 0) is 25.0 Å². The van der Waals surface area contributed by atoms with Crippen molar-refractivity contribution >= 4 is 11.8 Å². The van der Waals surface area contributed by atoms with Crippen LogP contribution in [-0.2, 0) is 0 Å². The van der Waals surface area contributed by atoms with E-state index >= 15 is 0 Å². The molecular formula is C16H21N5. The first-order valence-electron chi connectivity index (χ1n) is 7.60. The van der Waals surface area contributed by atoms with Crippen molar-refractivity contribution < 1.29 is 0 Å². The molecule has 1 fully saturated rings. The zero-order chi connectivity index (χ0) is 14.5. The van der Waals surface area contributed by atoms with E-state index in [-0.39, 0.29) is 0 Å². The predicted molar refractivity (Wildman–Crippen MR) is 85.3 cm³/mol. The Hall–Kier alpha value is -2.17. The van der Waals surface area contributed by atoms with Gasteiger partial charge in [-0.15, -0.1) is 0 Å². The summed E-state index contributed by atoms with van der Waals surface area (Å²) in [6, 6.07) is 8.26. The van der Waals surface area contributed by atoms with Crippen molar-refractivity contribution in [3.05, 3.63) is 30.5 Å². The highest BCUT2D eigenvalue weighted by molar-refractivity contribution is 5.60. The highest BCUT2D eigenvalue weighted by Gasteiger charge is 2.15. The fourth-order valence-corrected chi connectivity index (χ4v) is 2.71. The summed E-state index contributed by atoms with van der Waals surface area (Å²) >= 11 is 0. The van der Waals surface area contributed by atoms with E-state index in [0.29, 0.717) is 12.0 Å². The second-order valence-electron chi connectivity index (χ2n) is 5.41. The quantitative estimate of drug-likeness (QED) is 0.901. The average Bonchev–Trinajstić information content (AvgIpc) is 2.56. The molecule has 1 aliphatic rings. The van der Waals surface area contributed by atoms with Crippen molar-refractivity contribution in [3.8, 4) is 11.4 Å². The number of aromatic nitrogens is 3. The molecule has 21 heavy (non-hydrogen) atoms. The number of hydrogen-bond donors (Lipinski definition) is 2. The number of rotatable bonds is 4. The van der Waals surface area contributed by atoms with Crippen molar-refractivity contribution in [2.75, 3.05) is 17.7 Å². The predicted octanol–water partition coefficient (Wildman–Crippen LogP) is 3.32. The SMILES string of the molecule is CNc1cc(-c2ccccn2)nc(NC2CCCCC2)n1. The first-order chi connectivity index (χ1) is 10.3. The van der Waals surface area contributed by atoms with Crippen molar-refractivity contribution in [2.24, 2.45) is 0 Å². The molecule has 0 amide bonds. The van der Waals surface area contributed by atoms with Gasteiger partial charge in [-0.1, -0.05) is 25.3 Å². The molecule has 2 N–H and O–H groups in total. The lowest BCUT2D eigenvalue weighted by Gasteiger charge is -2.23. The van der Waals surface area contributed by atoms with Gasteiger partial charge in [0, 0.05) is 25.4 Å². The van der Waals surface area contributed by atoms with Gasteiger partial charge in [0.05, 0.1) is 11.4 Å². The minimum atomic E-state index is 0.488. The monoisotopic (exact) mass is 283 g/mol. The number of hydrogen-bond acceptors (Lipinski definition) is 5. The van der Waals surface area contributed by atoms with Crippen molar-refractivity contribution in [1.29, 1.82) is 0 Å². The third kappa shape index (κ3) is 3.48. The molecule has 0 radical (unpaired) electrons. The maximum atomic E-state index is 4.62. The maximum Gasteiger partial charge on any atom is 0.225 e. The van der Waals surface area contributed by atoms with E-state index in [2.05, 4.69) is 25.6 Å². The zero-order valence-corrected chi connectivity index (χ0v) is 12.3. The summed E-state index contributed by atoms with van der Waals surface area (Å²) in [6.45, 7) is 0. The van der Waals surface area contributed by atoms with E-state index in [0.717, 1.165) is 17.2 Å². The molecule has 1 aliphatic carbocycles. The van der Waals surface area contributed by atoms with E-state index in [4.69, 9.17) is 0 Å². The second-order valence-corrected chi connectivity index (χ2v) is 5.41. The maximum absolute atomic E-state index is 4.62. The first kappa shape index (κ1) is 13.8. The van der Waals surface area contributed by atoms with Crippen LogP contribution in [0, 0.1) is 0 Å². The molecule has 110 valence electrons. The summed E-state index contributed by atoms with van der Waals surface area (Å²) in [5.41, 5.74) is 1.70. The summed E-state index contributed by atoms with van der Waals surface area (Å²) in [7, 11) is 1.87. The van der Waals surface area contributed by atoms with Crippen molar-refractivity contribution in [1.82, 2.24) is 15.0 Å². The van der Waals surface area contributed by atoms with E-state index in [1.807, 2.05) is 31.3 Å². The second kappa shape index (κ2) is 6.52. The van der Waals surface area contributed by atoms with E-state index < -0.39 is 0 Å². The number of anilines is 2. The Morgan fingerprint density at radius 3 is 2.62 bits per heavy atom. The average molecular weight is 283 g/mol. The van der Waals surface area contributed by atoms with Crippen molar-refractivity contribution in [2.45, 2.75) is 38.1 Å². The van der Waals surface area contributed by atoms with Gasteiger partial charge in [-0.3, -0.25) is 4.98 Å². The van der Waals surface area contributed by atoms with Crippen LogP contribution < -0.4 is 10.6 Å². The molecule has 0 saturated heterocycles. The van der Waals surface area contributed by atoms with Gasteiger partial charge in [0.2, 0.25) is 5.95 Å². The van der Waals surface area contributed by atoms with Crippen LogP contribution in [0.5, 0.6) is 0 Å². The highest BCUT2D eigenvalue weighted by atomic mass is 15.2. The Bertz CT molecular complexity index is 578. The molecule has 1 saturated carbocycles. The van der Waals surface area contributed by atoms with Gasteiger partial charge in [0.15, 0.2) is 0 Å². The summed E-state index contributed by atoms with van der Waals surface area (Å²) in [5.74, 6) is 1.50. The van der Waals surface area contributed by atoms with Gasteiger partial charge in [0.1, 0.15) is 5.82 Å². The lowest BCUT2D eigenvalue weighted by atomic mass is 9.96. The number of pyridine rings is 1. The topological polar surface area (TPSA) is 62.7 Å². The van der Waals surface area contributed by atoms with Crippen LogP contribution in [0.25, 0.3) is 11.4 Å². The summed E-state index contributed by atoms with van der Waals surface area (Å²) in [5, 5.41) is 6.57. The van der Waals surface area contributed by atoms with Gasteiger partial charge in [-0.25, -0.2) is 4.98 Å². The smallest absolute Gasteiger partial charge is 0.225 e. The minimum Gasteiger partial charge on any atom is -0.373 e. The van der Waals surface area contributed by atoms with Crippen LogP contribution in [0.4, 0.5) is 11.8 Å². The number of nitrogens with one attached hydrogen (secondary N) is 2. The van der Waals surface area contributed by atoms with E-state index in [9.17, 15) is 0 Å². The Balaban J connectivity index is 1.86. The largest absolute Gasteiger partial charge is 0.373 e. The van der Waals surface area contributed by atoms with Crippen LogP contribution in [0.1, 0.15) is 32.1 Å². The van der Waals surface area contributed by atoms with Gasteiger partial charge in [0.25, 0.3) is 0 Å². The third-order valence-corrected chi connectivity index (χ3v) is 3.85. The Kier molecular flexibility index (Phi) is 4.28. The van der Waals surface area contributed by atoms with E-state index in [1.165, 1.54) is 32.1 Å². The van der Waals surface area contributed by atoms with Crippen LogP contribution in [0.3, 0.4) is 0 Å². The standard InChI is InChI=1S/C16H21N5/c1-17-15-11-14(13-9-5-6-10-18-13)20-16(21-15)19-12-7-3-2-4-8-12/h5-6,9-12H,2-4,7-8H2,1H3,(H2,17,19,20,21). The fourth-order valence-electron chi connectivity index (χ4n) is 2.71. The normalized spacial score (nSPS) is 15.7. The molecule has 5 heteroatoms. The lowest BCUT2D eigenvalue weighted by Crippen LogP contribution is -2.23. The van der Waals surface area contributed by atoms with Gasteiger partial charge >= 0.3 is 0 Å². The molecule has 0 spiro atoms. The summed E-state index contributed by atoms with van der Waals surface area (Å²) in [4.78, 5) is 13.5. The molecule has 3 rings (SSSR count). The zero-order valence-electron chi connectivity index (χ0n) is 12.3. The lowest BCUT2D eigenvalue weighted by molar-refractivity contribution is 0.461. The highest BCUT2D eigenvalue weighted by Crippen LogP contribution is 2.23. The Morgan fingerprint density at radius 2 is 1.90 bits per heavy atom. The number of nitrogens with zero attached hydrogens (tertiary/aromatic N) is 3. The van der Waals surface area contributed by atoms with Gasteiger partial charge in [-0.2, -0.15) is 4.98 Å². The van der Waals surface area contributed by atoms with E-state index in [1.54, 1.807) is 6.20 Å². The first-order valence-corrected chi connectivity index (χ1v) is 7.60. The summed E-state index contributed by atoms with van der Waals surface area (Å²) < 4.78 is 0. The minimum absolute atomic E-state index is 0.488. The van der Waals surface area contributed by atoms with Crippen LogP contribution in [0.2, 0.25) is 0 Å². The molecule has 2 aromatic heterocycles. The molecule has 0 atom stereocenters. The van der Waals surface area contributed by atoms with Crippen LogP contribution in [-0.4, -0.2) is 28.0 Å². The fraction of sp³-hybridized carbons (Fsp3) is 0.438. The molecule has 0 aromatic carbocycles. The summed E-state index contributed by atoms with van der Waals surface area (Å²) in [6.07, 6.45) is 8.10. The molecule has 0 aliphatic heterocycles. The third-order valence-electron chi connectivity index (χ3n) is 3.85. The molecule has 5 nitrogen and oxygen atoms in total. The molecule has 0 bridgehead atoms.